The van der Waals surface area contributed by atoms with Crippen molar-refractivity contribution in [3.05, 3.63) is 21.9 Å². The molecular weight excluding hydrogens is 277 g/mol. The summed E-state index contributed by atoms with van der Waals surface area (Å²) < 4.78 is 5.54. The average Bonchev–Trinajstić information content (AvgIpc) is 2.91. The number of ether oxygens (including phenoxy) is 1. The van der Waals surface area contributed by atoms with Crippen LogP contribution in [0.1, 0.15) is 16.9 Å². The van der Waals surface area contributed by atoms with E-state index in [0.29, 0.717) is 16.6 Å². The van der Waals surface area contributed by atoms with Crippen LogP contribution in [0.3, 0.4) is 0 Å². The summed E-state index contributed by atoms with van der Waals surface area (Å²) >= 11 is 11.5. The molecule has 4 unspecified atom stereocenters. The first-order valence-corrected chi connectivity index (χ1v) is 6.55. The maximum atomic E-state index is 12.0. The fourth-order valence-corrected chi connectivity index (χ4v) is 3.00. The predicted molar refractivity (Wildman–Crippen MR) is 67.9 cm³/mol. The van der Waals surface area contributed by atoms with E-state index < -0.39 is 0 Å². The topological polar surface area (TPSA) is 80.1 Å². The van der Waals surface area contributed by atoms with E-state index in [1.165, 1.54) is 6.07 Å². The number of hydrogen-bond donors (Lipinski definition) is 3. The van der Waals surface area contributed by atoms with Gasteiger partial charge in [0.05, 0.1) is 17.2 Å². The average molecular weight is 290 g/mol. The highest BCUT2D eigenvalue weighted by atomic mass is 35.5. The van der Waals surface area contributed by atoms with E-state index in [-0.39, 0.29) is 29.2 Å². The quantitative estimate of drug-likeness (QED) is 0.764. The number of amides is 1. The predicted octanol–water partition coefficient (Wildman–Crippen LogP) is 1.17. The number of H-pyrrole nitrogens is 1. The smallest absolute Gasteiger partial charge is 0.268 e. The summed E-state index contributed by atoms with van der Waals surface area (Å²) in [5.41, 5.74) is 6.34. The summed E-state index contributed by atoms with van der Waals surface area (Å²) in [6, 6.07) is 1.32. The second kappa shape index (κ2) is 4.42. The maximum Gasteiger partial charge on any atom is 0.268 e. The number of halogens is 2. The Morgan fingerprint density at radius 3 is 3.00 bits per heavy atom. The molecule has 1 saturated heterocycles. The van der Waals surface area contributed by atoms with Crippen LogP contribution in [0.2, 0.25) is 10.2 Å². The van der Waals surface area contributed by atoms with E-state index >= 15 is 0 Å². The number of rotatable bonds is 2. The summed E-state index contributed by atoms with van der Waals surface area (Å²) in [6.07, 6.45) is 1.02. The zero-order chi connectivity index (χ0) is 12.9. The van der Waals surface area contributed by atoms with Crippen molar-refractivity contribution in [2.75, 3.05) is 6.61 Å². The number of carbonyl (C=O) groups is 1. The van der Waals surface area contributed by atoms with Gasteiger partial charge in [0, 0.05) is 18.6 Å². The number of nitrogens with two attached hydrogens (primary N) is 1. The lowest BCUT2D eigenvalue weighted by Crippen LogP contribution is -2.68. The molecule has 1 aliphatic carbocycles. The molecule has 1 aromatic heterocycles. The summed E-state index contributed by atoms with van der Waals surface area (Å²) in [7, 11) is 0. The van der Waals surface area contributed by atoms with Gasteiger partial charge < -0.3 is 20.8 Å². The Hall–Kier alpha value is -0.750. The molecule has 2 fully saturated rings. The second-order valence-corrected chi connectivity index (χ2v) is 5.49. The van der Waals surface area contributed by atoms with Crippen molar-refractivity contribution in [1.29, 1.82) is 0 Å². The van der Waals surface area contributed by atoms with Gasteiger partial charge in [0.15, 0.2) is 0 Å². The van der Waals surface area contributed by atoms with E-state index in [1.54, 1.807) is 0 Å². The summed E-state index contributed by atoms with van der Waals surface area (Å²) in [6.45, 7) is 0.718. The first kappa shape index (κ1) is 12.3. The van der Waals surface area contributed by atoms with Crippen molar-refractivity contribution in [2.24, 2.45) is 11.7 Å². The molecule has 5 nitrogen and oxygen atoms in total. The lowest BCUT2D eigenvalue weighted by molar-refractivity contribution is -0.0161. The molecule has 2 heterocycles. The largest absolute Gasteiger partial charge is 0.376 e. The van der Waals surface area contributed by atoms with Crippen molar-refractivity contribution in [3.8, 4) is 0 Å². The highest BCUT2D eigenvalue weighted by Gasteiger charge is 2.52. The second-order valence-electron chi connectivity index (χ2n) is 4.71. The number of aromatic amines is 1. The molecular formula is C11H13Cl2N3O2. The molecule has 4 N–H and O–H groups in total. The molecule has 18 heavy (non-hydrogen) atoms. The van der Waals surface area contributed by atoms with Crippen molar-refractivity contribution >= 4 is 29.1 Å². The van der Waals surface area contributed by atoms with Crippen LogP contribution in [0.15, 0.2) is 6.07 Å². The SMILES string of the molecule is NC1C2CCOC2C1NC(=O)c1cc(Cl)c(Cl)[nH]1. The minimum atomic E-state index is -0.266. The first-order chi connectivity index (χ1) is 8.58. The number of carbonyl (C=O) groups excluding carboxylic acids is 1. The Morgan fingerprint density at radius 1 is 1.56 bits per heavy atom. The van der Waals surface area contributed by atoms with E-state index in [1.807, 2.05) is 0 Å². The Kier molecular flexibility index (Phi) is 3.02. The van der Waals surface area contributed by atoms with Crippen molar-refractivity contribution in [1.82, 2.24) is 10.3 Å². The van der Waals surface area contributed by atoms with Crippen LogP contribution in [0, 0.1) is 5.92 Å². The van der Waals surface area contributed by atoms with Gasteiger partial charge in [-0.1, -0.05) is 23.2 Å². The maximum absolute atomic E-state index is 12.0. The van der Waals surface area contributed by atoms with Gasteiger partial charge in [0.25, 0.3) is 5.91 Å². The van der Waals surface area contributed by atoms with E-state index in [0.717, 1.165) is 13.0 Å². The van der Waals surface area contributed by atoms with Gasteiger partial charge in [-0.15, -0.1) is 0 Å². The van der Waals surface area contributed by atoms with Gasteiger partial charge >= 0.3 is 0 Å². The van der Waals surface area contributed by atoms with E-state index in [4.69, 9.17) is 33.7 Å². The van der Waals surface area contributed by atoms with Crippen molar-refractivity contribution in [3.63, 3.8) is 0 Å². The van der Waals surface area contributed by atoms with E-state index in [9.17, 15) is 4.79 Å². The molecule has 1 saturated carbocycles. The lowest BCUT2D eigenvalue weighted by atomic mass is 9.72. The minimum absolute atomic E-state index is 0.0395. The zero-order valence-electron chi connectivity index (χ0n) is 9.45. The summed E-state index contributed by atoms with van der Waals surface area (Å²) in [5, 5.41) is 3.44. The van der Waals surface area contributed by atoms with Gasteiger partial charge in [-0.05, 0) is 12.5 Å². The van der Waals surface area contributed by atoms with Crippen LogP contribution in [-0.2, 0) is 4.74 Å². The third kappa shape index (κ3) is 1.82. The van der Waals surface area contributed by atoms with E-state index in [2.05, 4.69) is 10.3 Å². The Morgan fingerprint density at radius 2 is 2.33 bits per heavy atom. The van der Waals surface area contributed by atoms with Crippen LogP contribution < -0.4 is 11.1 Å². The monoisotopic (exact) mass is 289 g/mol. The minimum Gasteiger partial charge on any atom is -0.376 e. The normalized spacial score (nSPS) is 33.9. The molecule has 7 heteroatoms. The van der Waals surface area contributed by atoms with Crippen LogP contribution in [0.4, 0.5) is 0 Å². The fourth-order valence-electron chi connectivity index (χ4n) is 2.68. The molecule has 1 aliphatic heterocycles. The molecule has 98 valence electrons. The third-order valence-corrected chi connectivity index (χ3v) is 4.41. The van der Waals surface area contributed by atoms with Crippen LogP contribution in [-0.4, -0.2) is 35.7 Å². The zero-order valence-corrected chi connectivity index (χ0v) is 11.0. The van der Waals surface area contributed by atoms with Gasteiger partial charge in [0.1, 0.15) is 10.8 Å². The van der Waals surface area contributed by atoms with Gasteiger partial charge in [-0.25, -0.2) is 0 Å². The number of nitrogens with one attached hydrogen (secondary N) is 2. The standard InChI is InChI=1S/C11H13Cl2N3O2/c12-5-3-6(15-10(5)13)11(17)16-8-7(14)4-1-2-18-9(4)8/h3-4,7-9,15H,1-2,14H2,(H,16,17). The first-order valence-electron chi connectivity index (χ1n) is 5.80. The molecule has 1 amide bonds. The molecule has 1 aromatic rings. The summed E-state index contributed by atoms with van der Waals surface area (Å²) in [5.74, 6) is 0.101. The highest BCUT2D eigenvalue weighted by molar-refractivity contribution is 6.41. The van der Waals surface area contributed by atoms with Gasteiger partial charge in [0.2, 0.25) is 0 Å². The van der Waals surface area contributed by atoms with Crippen LogP contribution in [0.25, 0.3) is 0 Å². The van der Waals surface area contributed by atoms with Crippen LogP contribution in [0.5, 0.6) is 0 Å². The fraction of sp³-hybridized carbons (Fsp3) is 0.545. The Bertz CT molecular complexity index is 471. The lowest BCUT2D eigenvalue weighted by Gasteiger charge is -2.45. The van der Waals surface area contributed by atoms with Crippen molar-refractivity contribution in [2.45, 2.75) is 24.6 Å². The van der Waals surface area contributed by atoms with Crippen molar-refractivity contribution < 1.29 is 9.53 Å². The van der Waals surface area contributed by atoms with Crippen LogP contribution >= 0.6 is 23.2 Å². The molecule has 0 bridgehead atoms. The molecule has 2 aliphatic rings. The molecule has 4 atom stereocenters. The van der Waals surface area contributed by atoms with Gasteiger partial charge in [-0.3, -0.25) is 4.79 Å². The molecule has 0 aromatic carbocycles. The van der Waals surface area contributed by atoms with Gasteiger partial charge in [-0.2, -0.15) is 0 Å². The molecule has 0 radical (unpaired) electrons. The molecule has 0 spiro atoms. The number of hydrogen-bond acceptors (Lipinski definition) is 3. The molecule has 3 rings (SSSR count). The Balaban J connectivity index is 1.68. The number of fused-ring (bicyclic) bond motifs is 1. The third-order valence-electron chi connectivity index (χ3n) is 3.71. The summed E-state index contributed by atoms with van der Waals surface area (Å²) in [4.78, 5) is 14.7. The highest BCUT2D eigenvalue weighted by Crippen LogP contribution is 2.37. The number of aromatic nitrogens is 1. The Labute approximate surface area is 114 Å².